The van der Waals surface area contributed by atoms with Gasteiger partial charge in [0.25, 0.3) is 0 Å². The molecule has 0 spiro atoms. The molecule has 0 bridgehead atoms. The lowest BCUT2D eigenvalue weighted by atomic mass is 10.3. The first-order valence-electron chi connectivity index (χ1n) is 10.0. The van der Waals surface area contributed by atoms with Crippen LogP contribution in [0.1, 0.15) is 20.8 Å². The summed E-state index contributed by atoms with van der Waals surface area (Å²) >= 11 is 15.6. The zero-order chi connectivity index (χ0) is 27.4. The number of nitrogens with one attached hydrogen (secondary N) is 4. The van der Waals surface area contributed by atoms with Crippen molar-refractivity contribution in [2.75, 3.05) is 36.1 Å². The average Bonchev–Trinajstić information content (AvgIpc) is 2.77. The highest BCUT2D eigenvalue weighted by molar-refractivity contribution is 7.80. The number of esters is 2. The zero-order valence-corrected chi connectivity index (χ0v) is 23.0. The molecule has 202 valence electrons. The first-order chi connectivity index (χ1) is 16.4. The molecule has 4 N–H and O–H groups in total. The topological polar surface area (TPSA) is 178 Å². The van der Waals surface area contributed by atoms with Crippen LogP contribution in [0.25, 0.3) is 0 Å². The van der Waals surface area contributed by atoms with Crippen molar-refractivity contribution in [1.29, 1.82) is 0 Å². The van der Waals surface area contributed by atoms with E-state index in [9.17, 15) is 28.8 Å². The highest BCUT2D eigenvalue weighted by Gasteiger charge is 2.23. The zero-order valence-electron chi connectivity index (χ0n) is 19.4. The molecule has 0 aliphatic rings. The number of ether oxygens (including phenoxy) is 3. The summed E-state index contributed by atoms with van der Waals surface area (Å²) in [6.45, 7) is 4.55. The van der Waals surface area contributed by atoms with Gasteiger partial charge in [0.05, 0.1) is 0 Å². The van der Waals surface area contributed by atoms with Gasteiger partial charge in [-0.25, -0.2) is 19.2 Å². The molecule has 0 aromatic heterocycles. The van der Waals surface area contributed by atoms with Crippen molar-refractivity contribution in [1.82, 2.24) is 21.3 Å². The molecule has 0 fully saturated rings. The van der Waals surface area contributed by atoms with Crippen molar-refractivity contribution in [3.05, 3.63) is 0 Å². The Morgan fingerprint density at radius 2 is 1.11 bits per heavy atom. The Kier molecular flexibility index (Phi) is 21.4. The Bertz CT molecular complexity index is 715. The molecule has 13 nitrogen and oxygen atoms in total. The Hall–Kier alpha value is -1.98. The lowest BCUT2D eigenvalue weighted by Crippen LogP contribution is -2.44. The minimum atomic E-state index is -1.07. The molecule has 0 radical (unpaired) electrons. The van der Waals surface area contributed by atoms with E-state index >= 15 is 0 Å². The van der Waals surface area contributed by atoms with Crippen LogP contribution in [0, 0.1) is 0 Å². The molecule has 35 heavy (non-hydrogen) atoms. The number of hydrogen-bond acceptors (Lipinski definition) is 13. The van der Waals surface area contributed by atoms with E-state index in [0.29, 0.717) is 24.6 Å². The first-order valence-corrected chi connectivity index (χ1v) is 12.6. The van der Waals surface area contributed by atoms with Gasteiger partial charge in [-0.3, -0.25) is 9.59 Å². The van der Waals surface area contributed by atoms with Crippen LogP contribution in [0.4, 0.5) is 9.59 Å². The minimum Gasteiger partial charge on any atom is -0.424 e. The van der Waals surface area contributed by atoms with Gasteiger partial charge in [0.1, 0.15) is 12.1 Å². The second-order valence-electron chi connectivity index (χ2n) is 6.29. The van der Waals surface area contributed by atoms with Gasteiger partial charge < -0.3 is 35.5 Å². The number of carbonyl (C=O) groups excluding carboxylic acids is 6. The maximum absolute atomic E-state index is 11.6. The fourth-order valence-corrected chi connectivity index (χ4v) is 2.53. The van der Waals surface area contributed by atoms with Crippen LogP contribution in [-0.4, -0.2) is 90.4 Å². The SMILES string of the molecule is CC(=O)N[C@H](CS)C(=O)OC(=O)NCCS.CC(=O)N[C@H](CS)C(=O)OC(C)OC(=O)NCCS. The summed E-state index contributed by atoms with van der Waals surface area (Å²) in [5.74, 6) is -1.31. The Morgan fingerprint density at radius 3 is 1.51 bits per heavy atom. The van der Waals surface area contributed by atoms with E-state index < -0.39 is 48.4 Å². The fourth-order valence-electron chi connectivity index (χ4n) is 1.83. The minimum absolute atomic E-state index is 0.0538. The molecule has 1 unspecified atom stereocenters. The van der Waals surface area contributed by atoms with Crippen LogP contribution in [0.5, 0.6) is 0 Å². The molecular weight excluding hydrogens is 544 g/mol. The normalized spacial score (nSPS) is 12.3. The summed E-state index contributed by atoms with van der Waals surface area (Å²) in [5.41, 5.74) is 0. The number of alkyl carbamates (subject to hydrolysis) is 2. The van der Waals surface area contributed by atoms with Gasteiger partial charge in [-0.1, -0.05) is 0 Å². The van der Waals surface area contributed by atoms with Crippen molar-refractivity contribution in [3.63, 3.8) is 0 Å². The number of hydrogen-bond donors (Lipinski definition) is 8. The fraction of sp³-hybridized carbons (Fsp3) is 0.667. The average molecular weight is 577 g/mol. The molecule has 3 atom stereocenters. The second kappa shape index (κ2) is 21.3. The molecule has 0 saturated heterocycles. The molecule has 0 rings (SSSR count). The molecule has 0 heterocycles. The van der Waals surface area contributed by atoms with Crippen LogP contribution >= 0.6 is 50.5 Å². The van der Waals surface area contributed by atoms with Crippen molar-refractivity contribution < 1.29 is 43.0 Å². The molecule has 0 aromatic rings. The van der Waals surface area contributed by atoms with Crippen molar-refractivity contribution in [2.45, 2.75) is 39.1 Å². The highest BCUT2D eigenvalue weighted by Crippen LogP contribution is 2.00. The predicted molar refractivity (Wildman–Crippen MR) is 140 cm³/mol. The van der Waals surface area contributed by atoms with E-state index in [4.69, 9.17) is 9.47 Å². The number of carbonyl (C=O) groups is 6. The molecule has 0 aliphatic heterocycles. The van der Waals surface area contributed by atoms with E-state index in [1.807, 2.05) is 0 Å². The largest absolute Gasteiger partial charge is 0.424 e. The monoisotopic (exact) mass is 576 g/mol. The maximum atomic E-state index is 11.6. The van der Waals surface area contributed by atoms with E-state index in [-0.39, 0.29) is 17.4 Å². The van der Waals surface area contributed by atoms with E-state index in [1.54, 1.807) is 0 Å². The van der Waals surface area contributed by atoms with Crippen molar-refractivity contribution in [2.24, 2.45) is 0 Å². The van der Waals surface area contributed by atoms with Gasteiger partial charge in [-0.2, -0.15) is 50.5 Å². The highest BCUT2D eigenvalue weighted by atomic mass is 32.1. The summed E-state index contributed by atoms with van der Waals surface area (Å²) < 4.78 is 14.0. The van der Waals surface area contributed by atoms with Crippen molar-refractivity contribution in [3.8, 4) is 0 Å². The predicted octanol–water partition coefficient (Wildman–Crippen LogP) is -0.430. The maximum Gasteiger partial charge on any atom is 0.414 e. The summed E-state index contributed by atoms with van der Waals surface area (Å²) in [7, 11) is 0. The van der Waals surface area contributed by atoms with Gasteiger partial charge in [-0.15, -0.1) is 0 Å². The van der Waals surface area contributed by atoms with Crippen LogP contribution in [0.3, 0.4) is 0 Å². The van der Waals surface area contributed by atoms with Crippen molar-refractivity contribution >= 4 is 86.5 Å². The second-order valence-corrected chi connectivity index (χ2v) is 7.92. The molecule has 17 heteroatoms. The summed E-state index contributed by atoms with van der Waals surface area (Å²) in [6.07, 6.45) is -2.64. The van der Waals surface area contributed by atoms with Gasteiger partial charge in [-0.05, 0) is 0 Å². The van der Waals surface area contributed by atoms with Crippen LogP contribution in [0.15, 0.2) is 0 Å². The third-order valence-electron chi connectivity index (χ3n) is 3.20. The van der Waals surface area contributed by atoms with Crippen LogP contribution in [-0.2, 0) is 33.4 Å². The van der Waals surface area contributed by atoms with Gasteiger partial charge in [0.2, 0.25) is 18.1 Å². The summed E-state index contributed by atoms with van der Waals surface area (Å²) in [6, 6.07) is -1.81. The Labute approximate surface area is 225 Å². The van der Waals surface area contributed by atoms with Gasteiger partial charge >= 0.3 is 24.1 Å². The number of rotatable bonds is 12. The number of thiol groups is 4. The molecular formula is C18H32N4O9S4. The first kappa shape index (κ1) is 35.2. The van der Waals surface area contributed by atoms with Gasteiger partial charge in [0.15, 0.2) is 0 Å². The summed E-state index contributed by atoms with van der Waals surface area (Å²) in [5, 5.41) is 9.37. The molecule has 0 aliphatic carbocycles. The van der Waals surface area contributed by atoms with Crippen LogP contribution in [0.2, 0.25) is 0 Å². The molecule has 0 aromatic carbocycles. The quantitative estimate of drug-likeness (QED) is 0.0663. The van der Waals surface area contributed by atoms with E-state index in [0.717, 1.165) is 0 Å². The van der Waals surface area contributed by atoms with Crippen LogP contribution < -0.4 is 21.3 Å². The Balaban J connectivity index is 0. The van der Waals surface area contributed by atoms with E-state index in [1.165, 1.54) is 20.8 Å². The standard InChI is InChI=1S/C10H18N2O5S2.C8H14N2O4S2/c1-6(13)12-8(5-19)9(14)16-7(2)17-10(15)11-3-4-18;1-5(11)10-6(4-16)7(12)14-8(13)9-2-3-15/h7-8,18-19H,3-5H2,1-2H3,(H,11,15)(H,12,13);6,15-16H,2-4H2,1H3,(H,9,13)(H,10,11)/t7?,8-;6-/m11/s1. The third kappa shape index (κ3) is 20.0. The lowest BCUT2D eigenvalue weighted by Gasteiger charge is -2.18. The smallest absolute Gasteiger partial charge is 0.414 e. The summed E-state index contributed by atoms with van der Waals surface area (Å²) in [4.78, 5) is 66.6. The van der Waals surface area contributed by atoms with E-state index in [2.05, 4.69) is 76.5 Å². The third-order valence-corrected chi connectivity index (χ3v) is 4.38. The molecule has 4 amide bonds. The Morgan fingerprint density at radius 1 is 0.686 bits per heavy atom. The lowest BCUT2D eigenvalue weighted by molar-refractivity contribution is -0.167. The molecule has 0 saturated carbocycles. The number of amides is 4. The van der Waals surface area contributed by atoms with Gasteiger partial charge in [0, 0.05) is 56.9 Å².